The number of methoxy groups -OCH3 is 2. The van der Waals surface area contributed by atoms with Crippen molar-refractivity contribution in [2.24, 2.45) is 0 Å². The SMILES string of the molecule is C=CCOC(=O)c1sc(N2C(=O)C(=O)/C(=C(/O)c3ccc(OCC=C)cc3)C2c2cccc(OC)c2OC)nc1C. The summed E-state index contributed by atoms with van der Waals surface area (Å²) >= 11 is 0.894. The molecule has 1 amide bonds. The van der Waals surface area contributed by atoms with Crippen molar-refractivity contribution >= 4 is 39.9 Å². The third kappa shape index (κ3) is 5.57. The number of esters is 1. The van der Waals surface area contributed by atoms with Gasteiger partial charge in [0, 0.05) is 11.1 Å². The Hall–Kier alpha value is -4.90. The molecule has 0 aliphatic carbocycles. The number of thiazole rings is 1. The highest BCUT2D eigenvalue weighted by Gasteiger charge is 2.49. The molecule has 1 fully saturated rings. The molecule has 1 aromatic heterocycles. The van der Waals surface area contributed by atoms with Gasteiger partial charge in [-0.1, -0.05) is 48.8 Å². The number of rotatable bonds is 11. The summed E-state index contributed by atoms with van der Waals surface area (Å²) < 4.78 is 21.7. The van der Waals surface area contributed by atoms with Crippen molar-refractivity contribution in [3.05, 3.63) is 95.0 Å². The number of para-hydroxylation sites is 1. The third-order valence-corrected chi connectivity index (χ3v) is 7.31. The Morgan fingerprint density at radius 2 is 1.78 bits per heavy atom. The van der Waals surface area contributed by atoms with E-state index in [-0.39, 0.29) is 33.5 Å². The molecular weight excluding hydrogens is 548 g/mol. The lowest BCUT2D eigenvalue weighted by molar-refractivity contribution is -0.132. The fraction of sp³-hybridized carbons (Fsp3) is 0.200. The maximum absolute atomic E-state index is 13.6. The van der Waals surface area contributed by atoms with Crippen molar-refractivity contribution < 1.29 is 38.4 Å². The molecule has 0 spiro atoms. The molecule has 1 aliphatic heterocycles. The van der Waals surface area contributed by atoms with E-state index in [2.05, 4.69) is 18.1 Å². The van der Waals surface area contributed by atoms with E-state index in [9.17, 15) is 19.5 Å². The van der Waals surface area contributed by atoms with E-state index in [1.165, 1.54) is 20.3 Å². The molecule has 2 heterocycles. The highest BCUT2D eigenvalue weighted by atomic mass is 32.1. The van der Waals surface area contributed by atoms with E-state index in [0.717, 1.165) is 16.2 Å². The van der Waals surface area contributed by atoms with Gasteiger partial charge in [-0.25, -0.2) is 9.78 Å². The van der Waals surface area contributed by atoms with Gasteiger partial charge in [0.1, 0.15) is 35.6 Å². The zero-order valence-electron chi connectivity index (χ0n) is 22.7. The van der Waals surface area contributed by atoms with Crippen LogP contribution in [0.1, 0.15) is 32.5 Å². The van der Waals surface area contributed by atoms with E-state index in [0.29, 0.717) is 29.4 Å². The van der Waals surface area contributed by atoms with E-state index in [4.69, 9.17) is 18.9 Å². The highest BCUT2D eigenvalue weighted by molar-refractivity contribution is 7.17. The Balaban J connectivity index is 1.91. The zero-order chi connectivity index (χ0) is 29.7. The minimum absolute atomic E-state index is 0.00551. The van der Waals surface area contributed by atoms with Gasteiger partial charge >= 0.3 is 11.9 Å². The summed E-state index contributed by atoms with van der Waals surface area (Å²) in [5.41, 5.74) is 0.768. The van der Waals surface area contributed by atoms with Crippen LogP contribution in [0.3, 0.4) is 0 Å². The number of aryl methyl sites for hydroxylation is 1. The van der Waals surface area contributed by atoms with Crippen LogP contribution in [0.4, 0.5) is 5.13 Å². The number of aromatic nitrogens is 1. The number of nitrogens with zero attached hydrogens (tertiary/aromatic N) is 2. The average Bonchev–Trinajstić information content (AvgIpc) is 3.50. The summed E-state index contributed by atoms with van der Waals surface area (Å²) in [6.07, 6.45) is 3.03. The summed E-state index contributed by atoms with van der Waals surface area (Å²) in [5.74, 6) is -1.79. The van der Waals surface area contributed by atoms with E-state index < -0.39 is 29.5 Å². The molecule has 2 aromatic carbocycles. The molecule has 212 valence electrons. The summed E-state index contributed by atoms with van der Waals surface area (Å²) in [7, 11) is 2.89. The summed E-state index contributed by atoms with van der Waals surface area (Å²) in [4.78, 5) is 45.5. The van der Waals surface area contributed by atoms with Crippen LogP contribution in [0.15, 0.2) is 73.3 Å². The van der Waals surface area contributed by atoms with Gasteiger partial charge in [-0.05, 0) is 37.3 Å². The van der Waals surface area contributed by atoms with Crippen molar-refractivity contribution in [2.75, 3.05) is 32.3 Å². The molecule has 1 N–H and O–H groups in total. The van der Waals surface area contributed by atoms with Gasteiger partial charge < -0.3 is 24.1 Å². The zero-order valence-corrected chi connectivity index (χ0v) is 23.5. The number of benzene rings is 2. The number of hydrogen-bond acceptors (Lipinski definition) is 10. The molecule has 41 heavy (non-hydrogen) atoms. The Bertz CT molecular complexity index is 1540. The molecule has 1 aliphatic rings. The van der Waals surface area contributed by atoms with E-state index in [1.54, 1.807) is 55.5 Å². The lowest BCUT2D eigenvalue weighted by Gasteiger charge is -2.25. The van der Waals surface area contributed by atoms with Gasteiger partial charge in [0.2, 0.25) is 0 Å². The average molecular weight is 577 g/mol. The van der Waals surface area contributed by atoms with Crippen LogP contribution in [0.5, 0.6) is 17.2 Å². The van der Waals surface area contributed by atoms with Gasteiger partial charge in [-0.2, -0.15) is 0 Å². The molecule has 1 unspecified atom stereocenters. The van der Waals surface area contributed by atoms with Gasteiger partial charge in [0.15, 0.2) is 16.6 Å². The number of ketones is 1. The second kappa shape index (κ2) is 12.5. The van der Waals surface area contributed by atoms with Crippen LogP contribution in [-0.4, -0.2) is 55.2 Å². The molecular formula is C30H28N2O8S. The minimum Gasteiger partial charge on any atom is -0.507 e. The molecule has 3 aromatic rings. The molecule has 11 heteroatoms. The van der Waals surface area contributed by atoms with Gasteiger partial charge in [-0.15, -0.1) is 0 Å². The first-order chi connectivity index (χ1) is 19.8. The molecule has 4 rings (SSSR count). The monoisotopic (exact) mass is 576 g/mol. The molecule has 1 atom stereocenters. The molecule has 0 radical (unpaired) electrons. The summed E-state index contributed by atoms with van der Waals surface area (Å²) in [6, 6.07) is 10.2. The second-order valence-electron chi connectivity index (χ2n) is 8.67. The molecule has 0 saturated carbocycles. The van der Waals surface area contributed by atoms with Crippen LogP contribution >= 0.6 is 11.3 Å². The van der Waals surface area contributed by atoms with Gasteiger partial charge in [0.05, 0.1) is 25.5 Å². The minimum atomic E-state index is -1.17. The van der Waals surface area contributed by atoms with Crippen molar-refractivity contribution in [2.45, 2.75) is 13.0 Å². The maximum atomic E-state index is 13.6. The van der Waals surface area contributed by atoms with Crippen molar-refractivity contribution in [3.8, 4) is 17.2 Å². The fourth-order valence-corrected chi connectivity index (χ4v) is 5.33. The van der Waals surface area contributed by atoms with E-state index in [1.807, 2.05) is 0 Å². The number of carbonyl (C=O) groups is 3. The molecule has 1 saturated heterocycles. The predicted octanol–water partition coefficient (Wildman–Crippen LogP) is 5.00. The van der Waals surface area contributed by atoms with Crippen LogP contribution in [0.2, 0.25) is 0 Å². The van der Waals surface area contributed by atoms with Crippen LogP contribution < -0.4 is 19.1 Å². The Morgan fingerprint density at radius 1 is 1.07 bits per heavy atom. The first-order valence-electron chi connectivity index (χ1n) is 12.4. The van der Waals surface area contributed by atoms with Crippen molar-refractivity contribution in [1.82, 2.24) is 4.98 Å². The van der Waals surface area contributed by atoms with Crippen LogP contribution in [0, 0.1) is 6.92 Å². The maximum Gasteiger partial charge on any atom is 0.350 e. The second-order valence-corrected chi connectivity index (χ2v) is 9.65. The largest absolute Gasteiger partial charge is 0.507 e. The van der Waals surface area contributed by atoms with Crippen molar-refractivity contribution in [1.29, 1.82) is 0 Å². The fourth-order valence-electron chi connectivity index (χ4n) is 4.35. The van der Waals surface area contributed by atoms with Gasteiger partial charge in [-0.3, -0.25) is 14.5 Å². The Labute approximate surface area is 240 Å². The number of ether oxygens (including phenoxy) is 4. The standard InChI is InChI=1S/C30H28N2O8S/c1-6-15-39-19-13-11-18(12-14-19)24(33)22-23(20-9-8-10-21(37-4)26(20)38-5)32(28(35)25(22)34)30-31-17(3)27(41-30)29(36)40-16-7-2/h6-14,23,33H,1-2,15-16H2,3-5H3/b24-22+. The van der Waals surface area contributed by atoms with E-state index >= 15 is 0 Å². The summed E-state index contributed by atoms with van der Waals surface area (Å²) in [6.45, 7) is 9.03. The number of aliphatic hydroxyl groups is 1. The Morgan fingerprint density at radius 3 is 2.41 bits per heavy atom. The third-order valence-electron chi connectivity index (χ3n) is 6.18. The highest BCUT2D eigenvalue weighted by Crippen LogP contribution is 2.48. The number of Topliss-reactive ketones (excluding diaryl/α,β-unsaturated/α-hetero) is 1. The summed E-state index contributed by atoms with van der Waals surface area (Å²) in [5, 5.41) is 11.5. The topological polar surface area (TPSA) is 124 Å². The lowest BCUT2D eigenvalue weighted by atomic mass is 9.94. The molecule has 10 nitrogen and oxygen atoms in total. The van der Waals surface area contributed by atoms with Gasteiger partial charge in [0.25, 0.3) is 5.78 Å². The number of aliphatic hydroxyl groups excluding tert-OH is 1. The predicted molar refractivity (Wildman–Crippen MR) is 154 cm³/mol. The number of hydrogen-bond donors (Lipinski definition) is 1. The first kappa shape index (κ1) is 29.1. The quantitative estimate of drug-likeness (QED) is 0.110. The van der Waals surface area contributed by atoms with Crippen LogP contribution in [-0.2, 0) is 14.3 Å². The van der Waals surface area contributed by atoms with Crippen molar-refractivity contribution in [3.63, 3.8) is 0 Å². The normalized spacial score (nSPS) is 15.9. The lowest BCUT2D eigenvalue weighted by Crippen LogP contribution is -2.29. The number of anilines is 1. The number of amides is 1. The van der Waals surface area contributed by atoms with Crippen LogP contribution in [0.25, 0.3) is 5.76 Å². The Kier molecular flexibility index (Phi) is 8.88. The number of carbonyl (C=O) groups excluding carboxylic acids is 3. The smallest absolute Gasteiger partial charge is 0.350 e. The first-order valence-corrected chi connectivity index (χ1v) is 13.2. The molecule has 0 bridgehead atoms.